The van der Waals surface area contributed by atoms with Gasteiger partial charge in [0.1, 0.15) is 11.2 Å². The molecule has 0 fully saturated rings. The first-order valence-electron chi connectivity index (χ1n) is 18.9. The van der Waals surface area contributed by atoms with Crippen LogP contribution in [0.15, 0.2) is 199 Å². The number of anilines is 3. The molecule has 0 atom stereocenters. The average Bonchev–Trinajstić information content (AvgIpc) is 3.86. The maximum atomic E-state index is 6.46. The second kappa shape index (κ2) is 13.7. The molecule has 0 amide bonds. The van der Waals surface area contributed by atoms with E-state index in [1.807, 2.05) is 78.1 Å². The molecule has 6 heteroatoms. The van der Waals surface area contributed by atoms with Crippen molar-refractivity contribution < 1.29 is 4.42 Å². The summed E-state index contributed by atoms with van der Waals surface area (Å²) >= 11 is 1.85. The number of para-hydroxylation sites is 1. The average molecular weight is 749 g/mol. The normalized spacial score (nSPS) is 11.5. The summed E-state index contributed by atoms with van der Waals surface area (Å²) in [6.07, 6.45) is 0. The Morgan fingerprint density at radius 2 is 0.947 bits per heavy atom. The summed E-state index contributed by atoms with van der Waals surface area (Å²) in [7, 11) is 0. The van der Waals surface area contributed by atoms with E-state index < -0.39 is 0 Å². The van der Waals surface area contributed by atoms with Crippen LogP contribution in [-0.4, -0.2) is 15.0 Å². The first kappa shape index (κ1) is 33.0. The minimum absolute atomic E-state index is 0.596. The van der Waals surface area contributed by atoms with E-state index in [1.54, 1.807) is 0 Å². The third-order valence-corrected chi connectivity index (χ3v) is 11.7. The fourth-order valence-corrected chi connectivity index (χ4v) is 8.96. The van der Waals surface area contributed by atoms with Gasteiger partial charge in [-0.1, -0.05) is 133 Å². The summed E-state index contributed by atoms with van der Waals surface area (Å²) in [5.41, 5.74) is 9.99. The molecule has 0 saturated carbocycles. The van der Waals surface area contributed by atoms with Gasteiger partial charge in [-0.2, -0.15) is 0 Å². The van der Waals surface area contributed by atoms with Gasteiger partial charge in [0, 0.05) is 54.3 Å². The van der Waals surface area contributed by atoms with Crippen molar-refractivity contribution in [2.24, 2.45) is 0 Å². The van der Waals surface area contributed by atoms with Gasteiger partial charge in [-0.05, 0) is 71.8 Å². The van der Waals surface area contributed by atoms with Gasteiger partial charge in [-0.3, -0.25) is 0 Å². The second-order valence-electron chi connectivity index (χ2n) is 14.0. The molecule has 57 heavy (non-hydrogen) atoms. The number of aromatic nitrogens is 3. The number of nitrogens with zero attached hydrogens (tertiary/aromatic N) is 4. The fourth-order valence-electron chi connectivity index (χ4n) is 7.75. The van der Waals surface area contributed by atoms with Gasteiger partial charge >= 0.3 is 0 Å². The predicted octanol–water partition coefficient (Wildman–Crippen LogP) is 14.3. The van der Waals surface area contributed by atoms with Gasteiger partial charge in [0.15, 0.2) is 17.5 Å². The van der Waals surface area contributed by atoms with E-state index in [9.17, 15) is 0 Å². The molecular formula is C51H32N4OS. The van der Waals surface area contributed by atoms with Crippen LogP contribution in [0.2, 0.25) is 0 Å². The van der Waals surface area contributed by atoms with E-state index in [0.29, 0.717) is 17.5 Å². The predicted molar refractivity (Wildman–Crippen MR) is 236 cm³/mol. The topological polar surface area (TPSA) is 55.1 Å². The maximum absolute atomic E-state index is 6.46. The fraction of sp³-hybridized carbons (Fsp3) is 0. The van der Waals surface area contributed by atoms with E-state index >= 15 is 0 Å². The van der Waals surface area contributed by atoms with Gasteiger partial charge in [-0.15, -0.1) is 11.3 Å². The Kier molecular flexibility index (Phi) is 7.93. The molecule has 0 unspecified atom stereocenters. The molecule has 0 aliphatic carbocycles. The van der Waals surface area contributed by atoms with Crippen molar-refractivity contribution in [1.29, 1.82) is 0 Å². The third-order valence-electron chi connectivity index (χ3n) is 10.5. The highest BCUT2D eigenvalue weighted by Crippen LogP contribution is 2.45. The van der Waals surface area contributed by atoms with Gasteiger partial charge < -0.3 is 9.32 Å². The molecule has 0 aliphatic rings. The Labute approximate surface area is 332 Å². The van der Waals surface area contributed by atoms with E-state index in [0.717, 1.165) is 61.1 Å². The zero-order valence-corrected chi connectivity index (χ0v) is 31.4. The third kappa shape index (κ3) is 5.91. The lowest BCUT2D eigenvalue weighted by molar-refractivity contribution is 0.669. The molecule has 3 aromatic heterocycles. The Morgan fingerprint density at radius 1 is 0.368 bits per heavy atom. The highest BCUT2D eigenvalue weighted by molar-refractivity contribution is 7.26. The van der Waals surface area contributed by atoms with Crippen LogP contribution in [-0.2, 0) is 0 Å². The largest absolute Gasteiger partial charge is 0.456 e. The summed E-state index contributed by atoms with van der Waals surface area (Å²) in [4.78, 5) is 17.1. The van der Waals surface area contributed by atoms with Gasteiger partial charge in [0.05, 0.1) is 10.4 Å². The zero-order valence-electron chi connectivity index (χ0n) is 30.6. The summed E-state index contributed by atoms with van der Waals surface area (Å²) in [5, 5.41) is 4.67. The van der Waals surface area contributed by atoms with Crippen molar-refractivity contribution in [3.63, 3.8) is 0 Å². The van der Waals surface area contributed by atoms with Crippen LogP contribution in [0.1, 0.15) is 0 Å². The van der Waals surface area contributed by atoms with E-state index in [1.165, 1.54) is 25.9 Å². The van der Waals surface area contributed by atoms with E-state index in [-0.39, 0.29) is 0 Å². The molecule has 0 aliphatic heterocycles. The van der Waals surface area contributed by atoms with Crippen LogP contribution < -0.4 is 4.90 Å². The minimum Gasteiger partial charge on any atom is -0.456 e. The van der Waals surface area contributed by atoms with Crippen molar-refractivity contribution in [3.8, 4) is 45.3 Å². The molecule has 11 aromatic rings. The molecule has 0 saturated heterocycles. The first-order valence-corrected chi connectivity index (χ1v) is 19.7. The number of hydrogen-bond donors (Lipinski definition) is 0. The highest BCUT2D eigenvalue weighted by atomic mass is 32.1. The highest BCUT2D eigenvalue weighted by Gasteiger charge is 2.19. The molecule has 0 radical (unpaired) electrons. The lowest BCUT2D eigenvalue weighted by atomic mass is 10.0. The molecule has 0 bridgehead atoms. The molecule has 0 N–H and O–H groups in total. The molecule has 3 heterocycles. The number of hydrogen-bond acceptors (Lipinski definition) is 6. The molecule has 0 spiro atoms. The van der Waals surface area contributed by atoms with Crippen LogP contribution in [0.5, 0.6) is 0 Å². The molecule has 268 valence electrons. The number of furan rings is 1. The second-order valence-corrected chi connectivity index (χ2v) is 15.1. The molecular weight excluding hydrogens is 717 g/mol. The molecule has 8 aromatic carbocycles. The zero-order chi connectivity index (χ0) is 37.7. The SMILES string of the molecule is c1ccc(-c2nc(-c3ccccc3)nc(-c3ccc4c(c3)oc3ccc(-c5ccc(N(c6ccccc6)c6cccc7c6sc6ccccc67)cc5)cc34)n2)cc1. The van der Waals surface area contributed by atoms with Crippen molar-refractivity contribution in [2.45, 2.75) is 0 Å². The Balaban J connectivity index is 0.959. The van der Waals surface area contributed by atoms with Crippen molar-refractivity contribution in [1.82, 2.24) is 15.0 Å². The summed E-state index contributed by atoms with van der Waals surface area (Å²) < 4.78 is 9.03. The van der Waals surface area contributed by atoms with Crippen LogP contribution in [0.25, 0.3) is 87.4 Å². The minimum atomic E-state index is 0.596. The van der Waals surface area contributed by atoms with Crippen molar-refractivity contribution in [3.05, 3.63) is 194 Å². The lowest BCUT2D eigenvalue weighted by Crippen LogP contribution is -2.09. The van der Waals surface area contributed by atoms with Crippen LogP contribution in [0, 0.1) is 0 Å². The summed E-state index contributed by atoms with van der Waals surface area (Å²) in [6.45, 7) is 0. The lowest BCUT2D eigenvalue weighted by Gasteiger charge is -2.26. The summed E-state index contributed by atoms with van der Waals surface area (Å²) in [6, 6.07) is 67.5. The maximum Gasteiger partial charge on any atom is 0.164 e. The van der Waals surface area contributed by atoms with E-state index in [4.69, 9.17) is 19.4 Å². The van der Waals surface area contributed by atoms with Gasteiger partial charge in [0.25, 0.3) is 0 Å². The monoisotopic (exact) mass is 748 g/mol. The smallest absolute Gasteiger partial charge is 0.164 e. The Morgan fingerprint density at radius 3 is 1.67 bits per heavy atom. The molecule has 5 nitrogen and oxygen atoms in total. The van der Waals surface area contributed by atoms with Crippen LogP contribution in [0.3, 0.4) is 0 Å². The van der Waals surface area contributed by atoms with Crippen molar-refractivity contribution >= 4 is 70.5 Å². The van der Waals surface area contributed by atoms with Crippen molar-refractivity contribution in [2.75, 3.05) is 4.90 Å². The summed E-state index contributed by atoms with van der Waals surface area (Å²) in [5.74, 6) is 1.85. The quantitative estimate of drug-likeness (QED) is 0.162. The Hall–Kier alpha value is -7.41. The number of thiophene rings is 1. The Bertz CT molecular complexity index is 3170. The number of rotatable bonds is 7. The molecule has 11 rings (SSSR count). The standard InChI is InChI=1S/C51H32N4OS/c1-4-13-34(14-5-1)49-52-50(35-15-6-2-7-16-35)54-51(53-49)37-25-29-40-43-31-36(26-30-45(43)56-46(40)32-37)33-23-27-39(28-24-33)55(38-17-8-3-9-18-38)44-21-12-20-42-41-19-10-11-22-47(41)57-48(42)44/h1-32H. The van der Waals surface area contributed by atoms with Gasteiger partial charge in [0.2, 0.25) is 0 Å². The van der Waals surface area contributed by atoms with E-state index in [2.05, 4.69) is 132 Å². The number of benzene rings is 8. The first-order chi connectivity index (χ1) is 28.2. The van der Waals surface area contributed by atoms with Crippen LogP contribution in [0.4, 0.5) is 17.1 Å². The number of fused-ring (bicyclic) bond motifs is 6. The van der Waals surface area contributed by atoms with Crippen LogP contribution >= 0.6 is 11.3 Å². The van der Waals surface area contributed by atoms with Gasteiger partial charge in [-0.25, -0.2) is 15.0 Å².